The Morgan fingerprint density at radius 1 is 0.286 bits per heavy atom. The zero-order valence-corrected chi connectivity index (χ0v) is 47.1. The van der Waals surface area contributed by atoms with Crippen molar-refractivity contribution in [2.45, 2.75) is 341 Å². The minimum absolute atomic E-state index is 0.0739. The van der Waals surface area contributed by atoms with Gasteiger partial charge in [-0.3, -0.25) is 14.4 Å². The molecule has 0 N–H and O–H groups in total. The Bertz CT molecular complexity index is 1170. The van der Waals surface area contributed by atoms with Gasteiger partial charge in [0.15, 0.2) is 6.10 Å². The van der Waals surface area contributed by atoms with E-state index in [1.165, 1.54) is 212 Å². The Hall–Kier alpha value is -2.37. The molecule has 0 radical (unpaired) electrons. The summed E-state index contributed by atoms with van der Waals surface area (Å²) in [4.78, 5) is 38.2. The van der Waals surface area contributed by atoms with E-state index in [4.69, 9.17) is 14.2 Å². The largest absolute Gasteiger partial charge is 0.462 e. The molecule has 1 atom stereocenters. The van der Waals surface area contributed by atoms with E-state index in [0.717, 1.165) is 83.5 Å². The number of esters is 3. The van der Waals surface area contributed by atoms with Crippen LogP contribution in [-0.2, 0) is 28.6 Å². The lowest BCUT2D eigenvalue weighted by molar-refractivity contribution is -0.167. The van der Waals surface area contributed by atoms with Crippen molar-refractivity contribution in [3.8, 4) is 0 Å². The smallest absolute Gasteiger partial charge is 0.306 e. The van der Waals surface area contributed by atoms with Crippen LogP contribution in [0.15, 0.2) is 36.5 Å². The Balaban J connectivity index is 4.30. The summed E-state index contributed by atoms with van der Waals surface area (Å²) in [5.74, 6) is -0.869. The zero-order valence-electron chi connectivity index (χ0n) is 47.1. The molecular weight excluding hydrogens is 865 g/mol. The molecule has 0 heterocycles. The van der Waals surface area contributed by atoms with Gasteiger partial charge in [-0.05, 0) is 70.6 Å². The van der Waals surface area contributed by atoms with Crippen molar-refractivity contribution in [2.24, 2.45) is 0 Å². The van der Waals surface area contributed by atoms with E-state index in [2.05, 4.69) is 57.2 Å². The van der Waals surface area contributed by atoms with Crippen LogP contribution >= 0.6 is 0 Å². The van der Waals surface area contributed by atoms with Gasteiger partial charge in [-0.15, -0.1) is 0 Å². The van der Waals surface area contributed by atoms with Gasteiger partial charge in [-0.2, -0.15) is 0 Å². The number of hydrogen-bond acceptors (Lipinski definition) is 6. The highest BCUT2D eigenvalue weighted by atomic mass is 16.6. The zero-order chi connectivity index (χ0) is 50.7. The molecule has 70 heavy (non-hydrogen) atoms. The number of rotatable bonds is 57. The molecule has 0 spiro atoms. The van der Waals surface area contributed by atoms with Crippen LogP contribution in [0.3, 0.4) is 0 Å². The Morgan fingerprint density at radius 2 is 0.543 bits per heavy atom. The molecule has 0 aromatic rings. The van der Waals surface area contributed by atoms with Crippen molar-refractivity contribution in [2.75, 3.05) is 13.2 Å². The first-order chi connectivity index (χ1) is 34.5. The fourth-order valence-corrected chi connectivity index (χ4v) is 9.18. The summed E-state index contributed by atoms with van der Waals surface area (Å²) in [5, 5.41) is 0. The molecule has 0 bridgehead atoms. The molecule has 0 aliphatic carbocycles. The van der Waals surface area contributed by atoms with Gasteiger partial charge in [-0.25, -0.2) is 0 Å². The highest BCUT2D eigenvalue weighted by molar-refractivity contribution is 5.71. The molecule has 0 aromatic heterocycles. The summed E-state index contributed by atoms with van der Waals surface area (Å²) < 4.78 is 16.9. The molecule has 1 unspecified atom stereocenters. The van der Waals surface area contributed by atoms with Crippen molar-refractivity contribution in [1.82, 2.24) is 0 Å². The fraction of sp³-hybridized carbons (Fsp3) is 0.859. The van der Waals surface area contributed by atoms with Crippen LogP contribution in [0.5, 0.6) is 0 Å². The third-order valence-corrected chi connectivity index (χ3v) is 13.8. The lowest BCUT2D eigenvalue weighted by Crippen LogP contribution is -2.30. The normalized spacial score (nSPS) is 12.2. The molecular formula is C64H118O6. The molecule has 410 valence electrons. The number of carbonyl (C=O) groups is 3. The van der Waals surface area contributed by atoms with E-state index in [1.54, 1.807) is 0 Å². The molecule has 0 saturated carbocycles. The van der Waals surface area contributed by atoms with Gasteiger partial charge >= 0.3 is 17.9 Å². The van der Waals surface area contributed by atoms with Crippen molar-refractivity contribution >= 4 is 17.9 Å². The predicted molar refractivity (Wildman–Crippen MR) is 302 cm³/mol. The summed E-state index contributed by atoms with van der Waals surface area (Å²) in [6.45, 7) is 6.62. The van der Waals surface area contributed by atoms with E-state index in [0.29, 0.717) is 19.3 Å². The fourth-order valence-electron chi connectivity index (χ4n) is 9.18. The third-order valence-electron chi connectivity index (χ3n) is 13.8. The van der Waals surface area contributed by atoms with Gasteiger partial charge in [-0.1, -0.05) is 282 Å². The Labute approximate surface area is 435 Å². The minimum Gasteiger partial charge on any atom is -0.462 e. The molecule has 0 amide bonds. The Morgan fingerprint density at radius 3 is 0.857 bits per heavy atom. The second kappa shape index (κ2) is 59.2. The number of ether oxygens (including phenoxy) is 3. The Kier molecular flexibility index (Phi) is 57.2. The lowest BCUT2D eigenvalue weighted by atomic mass is 10.0. The average Bonchev–Trinajstić information content (AvgIpc) is 3.36. The summed E-state index contributed by atoms with van der Waals surface area (Å²) >= 11 is 0. The second-order valence-electron chi connectivity index (χ2n) is 21.0. The second-order valence-corrected chi connectivity index (χ2v) is 21.0. The van der Waals surface area contributed by atoms with E-state index in [-0.39, 0.29) is 31.1 Å². The van der Waals surface area contributed by atoms with Gasteiger partial charge in [0.1, 0.15) is 13.2 Å². The van der Waals surface area contributed by atoms with E-state index in [9.17, 15) is 14.4 Å². The van der Waals surface area contributed by atoms with Crippen LogP contribution in [-0.4, -0.2) is 37.2 Å². The standard InChI is InChI=1S/C64H118O6/c1-4-7-10-13-16-19-22-25-27-29-31-32-33-35-36-39-42-45-48-51-54-57-63(66)69-60-61(59-68-62(65)56-53-50-47-44-41-38-24-21-18-15-12-9-6-3)70-64(67)58-55-52-49-46-43-40-37-34-30-28-26-23-20-17-14-11-8-5-2/h12,15,21,24,29,31,61H,4-11,13-14,16-20,22-23,25-28,30,32-60H2,1-3H3/b15-12-,24-21-,31-29-. The summed E-state index contributed by atoms with van der Waals surface area (Å²) in [5.41, 5.74) is 0. The number of carbonyl (C=O) groups excluding carboxylic acids is 3. The molecule has 0 aromatic carbocycles. The monoisotopic (exact) mass is 983 g/mol. The quantitative estimate of drug-likeness (QED) is 0.0261. The number of unbranched alkanes of at least 4 members (excludes halogenated alkanes) is 40. The van der Waals surface area contributed by atoms with Crippen molar-refractivity contribution in [3.05, 3.63) is 36.5 Å². The highest BCUT2D eigenvalue weighted by Crippen LogP contribution is 2.17. The van der Waals surface area contributed by atoms with Crippen LogP contribution in [0.25, 0.3) is 0 Å². The number of allylic oxidation sites excluding steroid dienone is 6. The van der Waals surface area contributed by atoms with Gasteiger partial charge in [0.2, 0.25) is 0 Å². The highest BCUT2D eigenvalue weighted by Gasteiger charge is 2.19. The van der Waals surface area contributed by atoms with E-state index < -0.39 is 6.10 Å². The first kappa shape index (κ1) is 67.6. The van der Waals surface area contributed by atoms with Crippen LogP contribution in [0.2, 0.25) is 0 Å². The number of hydrogen-bond donors (Lipinski definition) is 0. The van der Waals surface area contributed by atoms with Gasteiger partial charge in [0, 0.05) is 19.3 Å². The van der Waals surface area contributed by atoms with E-state index >= 15 is 0 Å². The molecule has 0 saturated heterocycles. The SMILES string of the molecule is CCC/C=C\C/C=C\CCCCCCCC(=O)OCC(COC(=O)CCCCCCCCCCC/C=C\CCCCCCCCCC)OC(=O)CCCCCCCCCCCCCCCCCCCC. The van der Waals surface area contributed by atoms with Crippen LogP contribution in [0.1, 0.15) is 335 Å². The van der Waals surface area contributed by atoms with Gasteiger partial charge < -0.3 is 14.2 Å². The molecule has 0 fully saturated rings. The van der Waals surface area contributed by atoms with Crippen LogP contribution < -0.4 is 0 Å². The first-order valence-corrected chi connectivity index (χ1v) is 31.0. The molecule has 6 nitrogen and oxygen atoms in total. The van der Waals surface area contributed by atoms with Crippen molar-refractivity contribution < 1.29 is 28.6 Å². The molecule has 0 aliphatic rings. The van der Waals surface area contributed by atoms with E-state index in [1.807, 2.05) is 0 Å². The van der Waals surface area contributed by atoms with Crippen molar-refractivity contribution in [1.29, 1.82) is 0 Å². The van der Waals surface area contributed by atoms with Crippen molar-refractivity contribution in [3.63, 3.8) is 0 Å². The van der Waals surface area contributed by atoms with Gasteiger partial charge in [0.05, 0.1) is 0 Å². The minimum atomic E-state index is -0.776. The maximum absolute atomic E-state index is 12.9. The summed E-state index contributed by atoms with van der Waals surface area (Å²) in [6.07, 6.45) is 71.5. The van der Waals surface area contributed by atoms with Gasteiger partial charge in [0.25, 0.3) is 0 Å². The predicted octanol–water partition coefficient (Wildman–Crippen LogP) is 20.8. The lowest BCUT2D eigenvalue weighted by Gasteiger charge is -2.18. The topological polar surface area (TPSA) is 78.9 Å². The van der Waals surface area contributed by atoms with Crippen LogP contribution in [0.4, 0.5) is 0 Å². The molecule has 0 rings (SSSR count). The molecule has 0 aliphatic heterocycles. The average molecular weight is 984 g/mol. The molecule has 6 heteroatoms. The summed E-state index contributed by atoms with van der Waals surface area (Å²) in [7, 11) is 0. The third kappa shape index (κ3) is 56.5. The summed E-state index contributed by atoms with van der Waals surface area (Å²) in [6, 6.07) is 0. The van der Waals surface area contributed by atoms with Crippen LogP contribution in [0, 0.1) is 0 Å². The first-order valence-electron chi connectivity index (χ1n) is 31.0. The maximum atomic E-state index is 12.9. The maximum Gasteiger partial charge on any atom is 0.306 e.